The van der Waals surface area contributed by atoms with E-state index in [1.807, 2.05) is 41.8 Å². The van der Waals surface area contributed by atoms with Crippen LogP contribution in [0, 0.1) is 6.57 Å². The zero-order valence-electron chi connectivity index (χ0n) is 11.7. The van der Waals surface area contributed by atoms with Gasteiger partial charge in [-0.25, -0.2) is 4.85 Å². The van der Waals surface area contributed by atoms with Gasteiger partial charge in [0.15, 0.2) is 0 Å². The molecule has 0 unspecified atom stereocenters. The van der Waals surface area contributed by atoms with Crippen LogP contribution in [0.15, 0.2) is 66.0 Å². The number of rotatable bonds is 2. The molecule has 2 heterocycles. The summed E-state index contributed by atoms with van der Waals surface area (Å²) in [6.45, 7) is 7.41. The number of nitrogens with one attached hydrogen (secondary N) is 1. The molecule has 2 aromatic heterocycles. The number of para-hydroxylation sites is 1. The second kappa shape index (κ2) is 5.18. The van der Waals surface area contributed by atoms with E-state index in [0.717, 1.165) is 38.3 Å². The zero-order valence-corrected chi connectivity index (χ0v) is 12.5. The number of aromatic amines is 1. The maximum Gasteiger partial charge on any atom is 0.248 e. The summed E-state index contributed by atoms with van der Waals surface area (Å²) in [6.07, 6.45) is 0. The van der Waals surface area contributed by atoms with Crippen molar-refractivity contribution in [2.75, 3.05) is 0 Å². The van der Waals surface area contributed by atoms with Crippen LogP contribution in [0.5, 0.6) is 0 Å². The molecule has 1 N–H and O–H groups in total. The standard InChI is InChI=1S/C19H12N2S/c1-20-19-15(11-12-22-19)17-14-9-5-6-10-16(14)21-18(17)13-7-3-2-4-8-13/h2-12,21H. The molecular weight excluding hydrogens is 288 g/mol. The van der Waals surface area contributed by atoms with E-state index in [0.29, 0.717) is 0 Å². The van der Waals surface area contributed by atoms with Crippen LogP contribution in [0.3, 0.4) is 0 Å². The Hall–Kier alpha value is -2.83. The molecule has 0 atom stereocenters. The molecule has 0 saturated carbocycles. The second-order valence-electron chi connectivity index (χ2n) is 5.04. The first-order valence-corrected chi connectivity index (χ1v) is 7.88. The molecular formula is C19H12N2S. The molecule has 0 bridgehead atoms. The number of hydrogen-bond acceptors (Lipinski definition) is 1. The van der Waals surface area contributed by atoms with Crippen LogP contribution in [0.4, 0.5) is 5.00 Å². The van der Waals surface area contributed by atoms with E-state index < -0.39 is 0 Å². The SMILES string of the molecule is [C-]#[N+]c1sccc1-c1c(-c2ccccc2)[nH]c2ccccc12. The van der Waals surface area contributed by atoms with E-state index in [9.17, 15) is 0 Å². The quantitative estimate of drug-likeness (QED) is 0.431. The van der Waals surface area contributed by atoms with E-state index in [2.05, 4.69) is 34.1 Å². The van der Waals surface area contributed by atoms with E-state index in [1.54, 1.807) is 0 Å². The van der Waals surface area contributed by atoms with Crippen LogP contribution in [0.25, 0.3) is 38.1 Å². The molecule has 104 valence electrons. The average Bonchev–Trinajstić information content (AvgIpc) is 3.19. The summed E-state index contributed by atoms with van der Waals surface area (Å²) in [5.74, 6) is 0. The summed E-state index contributed by atoms with van der Waals surface area (Å²) < 4.78 is 0. The third kappa shape index (κ3) is 1.93. The molecule has 0 spiro atoms. The monoisotopic (exact) mass is 300 g/mol. The number of nitrogens with zero attached hydrogens (tertiary/aromatic N) is 1. The largest absolute Gasteiger partial charge is 0.354 e. The number of thiophene rings is 1. The molecule has 0 fully saturated rings. The Morgan fingerprint density at radius 2 is 1.68 bits per heavy atom. The van der Waals surface area contributed by atoms with Gasteiger partial charge in [0, 0.05) is 22.0 Å². The summed E-state index contributed by atoms with van der Waals surface area (Å²) in [6, 6.07) is 20.6. The van der Waals surface area contributed by atoms with Gasteiger partial charge in [-0.15, -0.1) is 0 Å². The van der Waals surface area contributed by atoms with Crippen molar-refractivity contribution in [2.24, 2.45) is 0 Å². The van der Waals surface area contributed by atoms with Gasteiger partial charge < -0.3 is 4.98 Å². The highest BCUT2D eigenvalue weighted by Crippen LogP contribution is 2.44. The summed E-state index contributed by atoms with van der Waals surface area (Å²) in [7, 11) is 0. The van der Waals surface area contributed by atoms with E-state index >= 15 is 0 Å². The van der Waals surface area contributed by atoms with Crippen molar-refractivity contribution >= 4 is 27.2 Å². The van der Waals surface area contributed by atoms with Crippen LogP contribution in [-0.4, -0.2) is 4.98 Å². The van der Waals surface area contributed by atoms with Crippen LogP contribution in [0.2, 0.25) is 0 Å². The van der Waals surface area contributed by atoms with Crippen LogP contribution in [0.1, 0.15) is 0 Å². The molecule has 0 aliphatic rings. The fourth-order valence-corrected chi connectivity index (χ4v) is 3.50. The third-order valence-electron chi connectivity index (χ3n) is 3.78. The van der Waals surface area contributed by atoms with Crippen molar-refractivity contribution in [3.8, 4) is 22.4 Å². The van der Waals surface area contributed by atoms with Gasteiger partial charge in [-0.2, -0.15) is 11.3 Å². The van der Waals surface area contributed by atoms with Crippen molar-refractivity contribution in [3.05, 3.63) is 77.5 Å². The molecule has 4 rings (SSSR count). The normalized spacial score (nSPS) is 10.7. The van der Waals surface area contributed by atoms with Crippen LogP contribution >= 0.6 is 11.3 Å². The van der Waals surface area contributed by atoms with Gasteiger partial charge in [-0.1, -0.05) is 54.6 Å². The van der Waals surface area contributed by atoms with Gasteiger partial charge >= 0.3 is 0 Å². The van der Waals surface area contributed by atoms with Crippen LogP contribution in [-0.2, 0) is 0 Å². The summed E-state index contributed by atoms with van der Waals surface area (Å²) >= 11 is 1.49. The molecule has 2 aromatic carbocycles. The highest BCUT2D eigenvalue weighted by Gasteiger charge is 2.17. The minimum atomic E-state index is 0.738. The van der Waals surface area contributed by atoms with Gasteiger partial charge in [0.1, 0.15) is 0 Å². The fraction of sp³-hybridized carbons (Fsp3) is 0. The Labute approximate surface area is 132 Å². The number of hydrogen-bond donors (Lipinski definition) is 1. The summed E-state index contributed by atoms with van der Waals surface area (Å²) in [5, 5.41) is 3.88. The molecule has 2 nitrogen and oxygen atoms in total. The first kappa shape index (κ1) is 12.9. The van der Waals surface area contributed by atoms with E-state index in [4.69, 9.17) is 6.57 Å². The van der Waals surface area contributed by atoms with Gasteiger partial charge in [0.25, 0.3) is 0 Å². The van der Waals surface area contributed by atoms with Crippen molar-refractivity contribution in [1.82, 2.24) is 4.98 Å². The number of fused-ring (bicyclic) bond motifs is 1. The maximum absolute atomic E-state index is 7.41. The maximum atomic E-state index is 7.41. The van der Waals surface area contributed by atoms with Crippen LogP contribution < -0.4 is 0 Å². The van der Waals surface area contributed by atoms with Gasteiger partial charge in [-0.3, -0.25) is 0 Å². The Morgan fingerprint density at radius 3 is 2.50 bits per heavy atom. The molecule has 0 aliphatic heterocycles. The highest BCUT2D eigenvalue weighted by molar-refractivity contribution is 7.15. The minimum Gasteiger partial charge on any atom is -0.354 e. The number of H-pyrrole nitrogens is 1. The van der Waals surface area contributed by atoms with Crippen molar-refractivity contribution in [1.29, 1.82) is 0 Å². The molecule has 4 aromatic rings. The average molecular weight is 300 g/mol. The van der Waals surface area contributed by atoms with Crippen molar-refractivity contribution < 1.29 is 0 Å². The first-order chi connectivity index (χ1) is 10.9. The predicted octanol–water partition coefficient (Wildman–Crippen LogP) is 6.11. The Kier molecular flexibility index (Phi) is 3.03. The lowest BCUT2D eigenvalue weighted by Crippen LogP contribution is -1.80. The molecule has 3 heteroatoms. The van der Waals surface area contributed by atoms with E-state index in [-0.39, 0.29) is 0 Å². The molecule has 0 amide bonds. The van der Waals surface area contributed by atoms with Gasteiger partial charge in [0.2, 0.25) is 5.00 Å². The highest BCUT2D eigenvalue weighted by atomic mass is 32.1. The lowest BCUT2D eigenvalue weighted by Gasteiger charge is -2.04. The molecule has 22 heavy (non-hydrogen) atoms. The smallest absolute Gasteiger partial charge is 0.248 e. The first-order valence-electron chi connectivity index (χ1n) is 7.00. The lowest BCUT2D eigenvalue weighted by molar-refractivity contribution is 1.45. The third-order valence-corrected chi connectivity index (χ3v) is 4.59. The van der Waals surface area contributed by atoms with Gasteiger partial charge in [0.05, 0.1) is 12.3 Å². The minimum absolute atomic E-state index is 0.738. The Bertz CT molecular complexity index is 987. The predicted molar refractivity (Wildman–Crippen MR) is 93.3 cm³/mol. The van der Waals surface area contributed by atoms with Crippen molar-refractivity contribution in [2.45, 2.75) is 0 Å². The summed E-state index contributed by atoms with van der Waals surface area (Å²) in [5.41, 5.74) is 5.43. The fourth-order valence-electron chi connectivity index (χ4n) is 2.82. The Balaban J connectivity index is 2.10. The lowest BCUT2D eigenvalue weighted by atomic mass is 10.00. The number of benzene rings is 2. The molecule has 0 radical (unpaired) electrons. The zero-order chi connectivity index (χ0) is 14.9. The van der Waals surface area contributed by atoms with Crippen molar-refractivity contribution in [3.63, 3.8) is 0 Å². The molecule has 0 aliphatic carbocycles. The van der Waals surface area contributed by atoms with Gasteiger partial charge in [-0.05, 0) is 17.0 Å². The summed E-state index contributed by atoms with van der Waals surface area (Å²) in [4.78, 5) is 7.20. The Morgan fingerprint density at radius 1 is 0.909 bits per heavy atom. The number of aromatic nitrogens is 1. The topological polar surface area (TPSA) is 20.1 Å². The van der Waals surface area contributed by atoms with E-state index in [1.165, 1.54) is 11.3 Å². The molecule has 0 saturated heterocycles. The second-order valence-corrected chi connectivity index (χ2v) is 5.93.